The summed E-state index contributed by atoms with van der Waals surface area (Å²) in [7, 11) is 0. The Labute approximate surface area is 97.7 Å². The van der Waals surface area contributed by atoms with Gasteiger partial charge < -0.3 is 4.98 Å². The molecule has 1 aliphatic carbocycles. The van der Waals surface area contributed by atoms with Crippen LogP contribution in [0.15, 0.2) is 23.0 Å². The van der Waals surface area contributed by atoms with Gasteiger partial charge in [0.2, 0.25) is 0 Å². The fraction of sp³-hybridized carbons (Fsp3) is 0.385. The van der Waals surface area contributed by atoms with Crippen LogP contribution >= 0.6 is 0 Å². The number of nitrogens with one attached hydrogen (secondary N) is 1. The van der Waals surface area contributed by atoms with Gasteiger partial charge >= 0.3 is 0 Å². The van der Waals surface area contributed by atoms with E-state index in [1.165, 1.54) is 18.9 Å². The average Bonchev–Trinajstić information content (AvgIpc) is 2.81. The van der Waals surface area contributed by atoms with Crippen LogP contribution in [0.3, 0.4) is 0 Å². The maximum atomic E-state index is 13.5. The molecule has 17 heavy (non-hydrogen) atoms. The second-order valence-corrected chi connectivity index (χ2v) is 4.57. The van der Waals surface area contributed by atoms with Gasteiger partial charge in [-0.25, -0.2) is 9.37 Å². The van der Waals surface area contributed by atoms with Crippen LogP contribution in [0.5, 0.6) is 0 Å². The van der Waals surface area contributed by atoms with E-state index in [2.05, 4.69) is 9.97 Å². The number of benzene rings is 1. The van der Waals surface area contributed by atoms with Crippen molar-refractivity contribution >= 4 is 10.9 Å². The van der Waals surface area contributed by atoms with E-state index in [1.807, 2.05) is 0 Å². The van der Waals surface area contributed by atoms with E-state index in [4.69, 9.17) is 0 Å². The summed E-state index contributed by atoms with van der Waals surface area (Å²) in [5, 5.41) is 0.0641. The minimum absolute atomic E-state index is 0.0641. The van der Waals surface area contributed by atoms with Crippen LogP contribution in [-0.4, -0.2) is 9.97 Å². The topological polar surface area (TPSA) is 45.8 Å². The van der Waals surface area contributed by atoms with E-state index in [1.54, 1.807) is 12.1 Å². The predicted octanol–water partition coefficient (Wildman–Crippen LogP) is 2.72. The second-order valence-electron chi connectivity index (χ2n) is 4.57. The third-order valence-electron chi connectivity index (χ3n) is 3.44. The molecule has 0 unspecified atom stereocenters. The average molecular weight is 232 g/mol. The van der Waals surface area contributed by atoms with E-state index in [0.717, 1.165) is 12.8 Å². The molecule has 0 bridgehead atoms. The fourth-order valence-electron chi connectivity index (χ4n) is 2.56. The van der Waals surface area contributed by atoms with E-state index in [0.29, 0.717) is 17.3 Å². The van der Waals surface area contributed by atoms with Crippen molar-refractivity contribution in [3.63, 3.8) is 0 Å². The highest BCUT2D eigenvalue weighted by molar-refractivity contribution is 5.77. The molecule has 1 heterocycles. The predicted molar refractivity (Wildman–Crippen MR) is 63.5 cm³/mol. The SMILES string of the molecule is O=c1[nH]c(C2CCCC2)nc2cccc(F)c12. The monoisotopic (exact) mass is 232 g/mol. The summed E-state index contributed by atoms with van der Waals surface area (Å²) in [6, 6.07) is 4.56. The van der Waals surface area contributed by atoms with Crippen molar-refractivity contribution < 1.29 is 4.39 Å². The molecule has 3 rings (SSSR count). The largest absolute Gasteiger partial charge is 0.310 e. The van der Waals surface area contributed by atoms with E-state index < -0.39 is 5.82 Å². The number of halogens is 1. The summed E-state index contributed by atoms with van der Waals surface area (Å²) < 4.78 is 13.5. The molecule has 0 aliphatic heterocycles. The summed E-state index contributed by atoms with van der Waals surface area (Å²) >= 11 is 0. The molecule has 0 atom stereocenters. The maximum Gasteiger partial charge on any atom is 0.261 e. The van der Waals surface area contributed by atoms with Gasteiger partial charge in [0.1, 0.15) is 17.0 Å². The van der Waals surface area contributed by atoms with Crippen molar-refractivity contribution in [3.05, 3.63) is 40.2 Å². The van der Waals surface area contributed by atoms with Crippen molar-refractivity contribution in [2.24, 2.45) is 0 Å². The van der Waals surface area contributed by atoms with Gasteiger partial charge in [-0.15, -0.1) is 0 Å². The number of hydrogen-bond acceptors (Lipinski definition) is 2. The van der Waals surface area contributed by atoms with Gasteiger partial charge in [0.15, 0.2) is 0 Å². The number of fused-ring (bicyclic) bond motifs is 1. The third kappa shape index (κ3) is 1.73. The van der Waals surface area contributed by atoms with Gasteiger partial charge in [0.05, 0.1) is 5.52 Å². The fourth-order valence-corrected chi connectivity index (χ4v) is 2.56. The van der Waals surface area contributed by atoms with Crippen LogP contribution in [0.2, 0.25) is 0 Å². The molecular formula is C13H13FN2O. The molecule has 0 amide bonds. The third-order valence-corrected chi connectivity index (χ3v) is 3.44. The first-order valence-electron chi connectivity index (χ1n) is 5.94. The number of hydrogen-bond donors (Lipinski definition) is 1. The summed E-state index contributed by atoms with van der Waals surface area (Å²) in [5.74, 6) is 0.537. The van der Waals surface area contributed by atoms with Crippen LogP contribution in [0.1, 0.15) is 37.4 Å². The van der Waals surface area contributed by atoms with Crippen molar-refractivity contribution in [2.75, 3.05) is 0 Å². The second kappa shape index (κ2) is 3.95. The zero-order valence-electron chi connectivity index (χ0n) is 9.37. The van der Waals surface area contributed by atoms with Gasteiger partial charge in [-0.3, -0.25) is 4.79 Å². The molecule has 1 aromatic carbocycles. The molecule has 0 radical (unpaired) electrons. The zero-order valence-corrected chi connectivity index (χ0v) is 9.37. The highest BCUT2D eigenvalue weighted by Gasteiger charge is 2.20. The van der Waals surface area contributed by atoms with Gasteiger partial charge in [0.25, 0.3) is 5.56 Å². The molecule has 0 spiro atoms. The number of nitrogens with zero attached hydrogens (tertiary/aromatic N) is 1. The first-order chi connectivity index (χ1) is 8.25. The number of aromatic nitrogens is 2. The summed E-state index contributed by atoms with van der Waals surface area (Å²) in [4.78, 5) is 19.0. The Hall–Kier alpha value is -1.71. The Balaban J connectivity index is 2.20. The van der Waals surface area contributed by atoms with Crippen LogP contribution in [-0.2, 0) is 0 Å². The Bertz CT molecular complexity index is 614. The smallest absolute Gasteiger partial charge is 0.261 e. The highest BCUT2D eigenvalue weighted by Crippen LogP contribution is 2.32. The lowest BCUT2D eigenvalue weighted by Gasteiger charge is -2.08. The number of aromatic amines is 1. The lowest BCUT2D eigenvalue weighted by molar-refractivity contribution is 0.634. The standard InChI is InChI=1S/C13H13FN2O/c14-9-6-3-7-10-11(9)13(17)16-12(15-10)8-4-1-2-5-8/h3,6-8H,1-2,4-5H2,(H,15,16,17). The molecular weight excluding hydrogens is 219 g/mol. The van der Waals surface area contributed by atoms with Crippen LogP contribution < -0.4 is 5.56 Å². The van der Waals surface area contributed by atoms with Gasteiger partial charge in [-0.2, -0.15) is 0 Å². The Morgan fingerprint density at radius 1 is 1.29 bits per heavy atom. The van der Waals surface area contributed by atoms with Crippen LogP contribution in [0.4, 0.5) is 4.39 Å². The molecule has 4 heteroatoms. The van der Waals surface area contributed by atoms with Crippen LogP contribution in [0.25, 0.3) is 10.9 Å². The summed E-state index contributed by atoms with van der Waals surface area (Å²) in [6.07, 6.45) is 4.47. The van der Waals surface area contributed by atoms with Gasteiger partial charge in [0, 0.05) is 5.92 Å². The van der Waals surface area contributed by atoms with Crippen molar-refractivity contribution in [1.29, 1.82) is 0 Å². The molecule has 1 aliphatic rings. The van der Waals surface area contributed by atoms with Gasteiger partial charge in [-0.05, 0) is 25.0 Å². The van der Waals surface area contributed by atoms with Crippen LogP contribution in [0, 0.1) is 5.82 Å². The molecule has 3 nitrogen and oxygen atoms in total. The van der Waals surface area contributed by atoms with E-state index in [-0.39, 0.29) is 10.9 Å². The van der Waals surface area contributed by atoms with Crippen molar-refractivity contribution in [1.82, 2.24) is 9.97 Å². The zero-order chi connectivity index (χ0) is 11.8. The Morgan fingerprint density at radius 2 is 2.06 bits per heavy atom. The summed E-state index contributed by atoms with van der Waals surface area (Å²) in [5.41, 5.74) is 0.0886. The van der Waals surface area contributed by atoms with E-state index >= 15 is 0 Å². The molecule has 1 saturated carbocycles. The number of H-pyrrole nitrogens is 1. The molecule has 1 N–H and O–H groups in total. The maximum absolute atomic E-state index is 13.5. The molecule has 0 saturated heterocycles. The first kappa shape index (κ1) is 10.4. The molecule has 88 valence electrons. The molecule has 1 aromatic heterocycles. The van der Waals surface area contributed by atoms with E-state index in [9.17, 15) is 9.18 Å². The van der Waals surface area contributed by atoms with Crippen molar-refractivity contribution in [2.45, 2.75) is 31.6 Å². The summed E-state index contributed by atoms with van der Waals surface area (Å²) in [6.45, 7) is 0. The number of rotatable bonds is 1. The Kier molecular flexibility index (Phi) is 2.42. The highest BCUT2D eigenvalue weighted by atomic mass is 19.1. The van der Waals surface area contributed by atoms with Gasteiger partial charge in [-0.1, -0.05) is 18.9 Å². The molecule has 2 aromatic rings. The Morgan fingerprint density at radius 3 is 2.82 bits per heavy atom. The van der Waals surface area contributed by atoms with Crippen molar-refractivity contribution in [3.8, 4) is 0 Å². The molecule has 1 fully saturated rings. The lowest BCUT2D eigenvalue weighted by Crippen LogP contribution is -2.14. The minimum atomic E-state index is -0.505. The normalized spacial score (nSPS) is 16.8. The quantitative estimate of drug-likeness (QED) is 0.821. The minimum Gasteiger partial charge on any atom is -0.310 e. The lowest BCUT2D eigenvalue weighted by atomic mass is 10.1. The first-order valence-corrected chi connectivity index (χ1v) is 5.94.